The van der Waals surface area contributed by atoms with Crippen LogP contribution in [0.15, 0.2) is 0 Å². The second kappa shape index (κ2) is 7.13. The summed E-state index contributed by atoms with van der Waals surface area (Å²) in [5, 5.41) is 9.32. The van der Waals surface area contributed by atoms with Crippen LogP contribution in [0.25, 0.3) is 0 Å². The molecule has 1 atom stereocenters. The maximum atomic E-state index is 11.3. The third-order valence-electron chi connectivity index (χ3n) is 4.19. The van der Waals surface area contributed by atoms with Gasteiger partial charge in [-0.3, -0.25) is 9.69 Å². The van der Waals surface area contributed by atoms with E-state index in [1.807, 2.05) is 0 Å². The Morgan fingerprint density at radius 1 is 1.17 bits per heavy atom. The molecule has 1 aliphatic heterocycles. The molecule has 1 rings (SSSR count). The van der Waals surface area contributed by atoms with E-state index in [0.29, 0.717) is 5.41 Å². The van der Waals surface area contributed by atoms with Crippen molar-refractivity contribution in [2.24, 2.45) is 5.41 Å². The lowest BCUT2D eigenvalue weighted by atomic mass is 9.72. The average Bonchev–Trinajstić information content (AvgIpc) is 2.27. The Labute approximate surface area is 112 Å². The number of aliphatic carboxylic acids is 1. The maximum absolute atomic E-state index is 11.3. The summed E-state index contributed by atoms with van der Waals surface area (Å²) < 4.78 is 0. The number of carbonyl (C=O) groups is 1. The molecule has 0 aromatic rings. The predicted octanol–water partition coefficient (Wildman–Crippen LogP) is 3.53. The predicted molar refractivity (Wildman–Crippen MR) is 74.8 cm³/mol. The molecule has 0 amide bonds. The molecule has 3 heteroatoms. The molecule has 3 nitrogen and oxygen atoms in total. The molecule has 1 fully saturated rings. The molecule has 0 saturated carbocycles. The Morgan fingerprint density at radius 2 is 1.72 bits per heavy atom. The van der Waals surface area contributed by atoms with Crippen LogP contribution in [0.3, 0.4) is 0 Å². The summed E-state index contributed by atoms with van der Waals surface area (Å²) in [6.07, 6.45) is 7.81. The van der Waals surface area contributed by atoms with E-state index in [9.17, 15) is 9.90 Å². The minimum absolute atomic E-state index is 0.244. The van der Waals surface area contributed by atoms with Crippen LogP contribution in [0, 0.1) is 5.41 Å². The molecule has 0 bridgehead atoms. The van der Waals surface area contributed by atoms with Crippen LogP contribution in [0.5, 0.6) is 0 Å². The lowest BCUT2D eigenvalue weighted by Crippen LogP contribution is -2.61. The summed E-state index contributed by atoms with van der Waals surface area (Å²) in [7, 11) is 0. The molecule has 0 aromatic carbocycles. The van der Waals surface area contributed by atoms with Crippen molar-refractivity contribution in [2.75, 3.05) is 13.1 Å². The molecule has 1 saturated heterocycles. The van der Waals surface area contributed by atoms with Gasteiger partial charge in [-0.25, -0.2) is 0 Å². The Morgan fingerprint density at radius 3 is 2.11 bits per heavy atom. The average molecular weight is 255 g/mol. The van der Waals surface area contributed by atoms with E-state index in [1.54, 1.807) is 0 Å². The zero-order valence-corrected chi connectivity index (χ0v) is 12.2. The summed E-state index contributed by atoms with van der Waals surface area (Å²) in [6, 6.07) is -0.244. The molecule has 1 N–H and O–H groups in total. The summed E-state index contributed by atoms with van der Waals surface area (Å²) in [5.74, 6) is -0.634. The number of hydrogen-bond donors (Lipinski definition) is 1. The van der Waals surface area contributed by atoms with E-state index in [0.717, 1.165) is 32.4 Å². The standard InChI is InChI=1S/C15H29NO2/c1-4-7-8-13(14(17)18)16-11-15(12-16,9-5-2)10-6-3/h13H,4-12H2,1-3H3,(H,17,18). The van der Waals surface area contributed by atoms with Crippen molar-refractivity contribution in [3.05, 3.63) is 0 Å². The van der Waals surface area contributed by atoms with E-state index < -0.39 is 5.97 Å². The minimum atomic E-state index is -0.634. The zero-order valence-electron chi connectivity index (χ0n) is 12.2. The van der Waals surface area contributed by atoms with Crippen molar-refractivity contribution < 1.29 is 9.90 Å². The fourth-order valence-electron chi connectivity index (χ4n) is 3.40. The van der Waals surface area contributed by atoms with Gasteiger partial charge in [0.05, 0.1) is 0 Å². The molecule has 1 unspecified atom stereocenters. The number of carboxylic acids is 1. The first kappa shape index (κ1) is 15.5. The van der Waals surface area contributed by atoms with Crippen LogP contribution in [-0.4, -0.2) is 35.1 Å². The van der Waals surface area contributed by atoms with Gasteiger partial charge < -0.3 is 5.11 Å². The molecule has 1 heterocycles. The second-order valence-electron chi connectivity index (χ2n) is 5.90. The molecule has 1 aliphatic rings. The van der Waals surface area contributed by atoms with Crippen LogP contribution in [0.4, 0.5) is 0 Å². The van der Waals surface area contributed by atoms with Gasteiger partial charge >= 0.3 is 5.97 Å². The molecular formula is C15H29NO2. The third-order valence-corrected chi connectivity index (χ3v) is 4.19. The van der Waals surface area contributed by atoms with Gasteiger partial charge in [0.25, 0.3) is 0 Å². The van der Waals surface area contributed by atoms with Crippen LogP contribution in [0.1, 0.15) is 65.7 Å². The van der Waals surface area contributed by atoms with E-state index in [2.05, 4.69) is 25.7 Å². The molecular weight excluding hydrogens is 226 g/mol. The summed E-state index contributed by atoms with van der Waals surface area (Å²) in [6.45, 7) is 8.57. The van der Waals surface area contributed by atoms with Crippen LogP contribution >= 0.6 is 0 Å². The quantitative estimate of drug-likeness (QED) is 0.685. The minimum Gasteiger partial charge on any atom is -0.480 e. The van der Waals surface area contributed by atoms with Gasteiger partial charge in [-0.2, -0.15) is 0 Å². The monoisotopic (exact) mass is 255 g/mol. The number of likely N-dealkylation sites (tertiary alicyclic amines) is 1. The Balaban J connectivity index is 2.51. The van der Waals surface area contributed by atoms with E-state index in [4.69, 9.17) is 0 Å². The Kier molecular flexibility index (Phi) is 6.13. The van der Waals surface area contributed by atoms with Gasteiger partial charge in [0.15, 0.2) is 0 Å². The summed E-state index contributed by atoms with van der Waals surface area (Å²) in [4.78, 5) is 13.5. The number of carboxylic acid groups (broad SMARTS) is 1. The number of nitrogens with zero attached hydrogens (tertiary/aromatic N) is 1. The number of unbranched alkanes of at least 4 members (excludes halogenated alkanes) is 1. The van der Waals surface area contributed by atoms with Gasteiger partial charge in [0, 0.05) is 13.1 Å². The first-order chi connectivity index (χ1) is 8.58. The number of hydrogen-bond acceptors (Lipinski definition) is 2. The molecule has 106 valence electrons. The highest BCUT2D eigenvalue weighted by Gasteiger charge is 2.45. The molecule has 18 heavy (non-hydrogen) atoms. The van der Waals surface area contributed by atoms with E-state index in [-0.39, 0.29) is 6.04 Å². The lowest BCUT2D eigenvalue weighted by molar-refractivity contribution is -0.150. The third kappa shape index (κ3) is 3.71. The van der Waals surface area contributed by atoms with Gasteiger partial charge in [0.1, 0.15) is 6.04 Å². The second-order valence-corrected chi connectivity index (χ2v) is 5.90. The topological polar surface area (TPSA) is 40.5 Å². The zero-order chi connectivity index (χ0) is 13.6. The van der Waals surface area contributed by atoms with Crippen molar-refractivity contribution in [3.8, 4) is 0 Å². The van der Waals surface area contributed by atoms with Crippen molar-refractivity contribution >= 4 is 5.97 Å². The number of rotatable bonds is 9. The summed E-state index contributed by atoms with van der Waals surface area (Å²) >= 11 is 0. The smallest absolute Gasteiger partial charge is 0.320 e. The van der Waals surface area contributed by atoms with E-state index >= 15 is 0 Å². The van der Waals surface area contributed by atoms with Crippen LogP contribution < -0.4 is 0 Å². The highest BCUT2D eigenvalue weighted by Crippen LogP contribution is 2.41. The van der Waals surface area contributed by atoms with Gasteiger partial charge in [-0.05, 0) is 24.7 Å². The highest BCUT2D eigenvalue weighted by atomic mass is 16.4. The fraction of sp³-hybridized carbons (Fsp3) is 0.933. The lowest BCUT2D eigenvalue weighted by Gasteiger charge is -2.53. The molecule has 0 spiro atoms. The van der Waals surface area contributed by atoms with Gasteiger partial charge in [0.2, 0.25) is 0 Å². The molecule has 0 aliphatic carbocycles. The first-order valence-corrected chi connectivity index (χ1v) is 7.55. The van der Waals surface area contributed by atoms with Crippen LogP contribution in [0.2, 0.25) is 0 Å². The normalized spacial score (nSPS) is 20.4. The summed E-state index contributed by atoms with van der Waals surface area (Å²) in [5.41, 5.74) is 0.420. The van der Waals surface area contributed by atoms with Gasteiger partial charge in [-0.15, -0.1) is 0 Å². The van der Waals surface area contributed by atoms with Crippen molar-refractivity contribution in [1.82, 2.24) is 4.90 Å². The van der Waals surface area contributed by atoms with E-state index in [1.165, 1.54) is 25.7 Å². The van der Waals surface area contributed by atoms with Crippen molar-refractivity contribution in [1.29, 1.82) is 0 Å². The SMILES string of the molecule is CCCCC(C(=O)O)N1CC(CCC)(CCC)C1. The van der Waals surface area contributed by atoms with Crippen LogP contribution in [-0.2, 0) is 4.79 Å². The van der Waals surface area contributed by atoms with Crippen molar-refractivity contribution in [2.45, 2.75) is 71.8 Å². The fourth-order valence-corrected chi connectivity index (χ4v) is 3.40. The first-order valence-electron chi connectivity index (χ1n) is 7.55. The Bertz CT molecular complexity index is 251. The maximum Gasteiger partial charge on any atom is 0.320 e. The largest absolute Gasteiger partial charge is 0.480 e. The Hall–Kier alpha value is -0.570. The molecule has 0 aromatic heterocycles. The highest BCUT2D eigenvalue weighted by molar-refractivity contribution is 5.73. The molecule has 0 radical (unpaired) electrons. The van der Waals surface area contributed by atoms with Crippen molar-refractivity contribution in [3.63, 3.8) is 0 Å². The van der Waals surface area contributed by atoms with Gasteiger partial charge in [-0.1, -0.05) is 46.5 Å².